The van der Waals surface area contributed by atoms with Crippen molar-refractivity contribution in [2.45, 2.75) is 19.3 Å². The molecule has 0 saturated heterocycles. The van der Waals surface area contributed by atoms with Crippen molar-refractivity contribution in [3.8, 4) is 22.5 Å². The molecule has 0 aliphatic heterocycles. The molecule has 4 rings (SSSR count). The van der Waals surface area contributed by atoms with Crippen LogP contribution in [0, 0.1) is 0 Å². The largest absolute Gasteiger partial charge is 0.368 e. The maximum atomic E-state index is 12.7. The molecule has 2 aromatic heterocycles. The maximum absolute atomic E-state index is 12.7. The Kier molecular flexibility index (Phi) is 3.81. The predicted molar refractivity (Wildman–Crippen MR) is 98.6 cm³/mol. The third-order valence-electron chi connectivity index (χ3n) is 4.66. The van der Waals surface area contributed by atoms with Crippen LogP contribution in [0.2, 0.25) is 5.02 Å². The third kappa shape index (κ3) is 2.61. The Morgan fingerprint density at radius 3 is 2.60 bits per heavy atom. The molecule has 1 aliphatic carbocycles. The number of aromatic nitrogens is 3. The number of halogens is 1. The van der Waals surface area contributed by atoms with Gasteiger partial charge >= 0.3 is 0 Å². The van der Waals surface area contributed by atoms with Crippen molar-refractivity contribution in [3.05, 3.63) is 52.8 Å². The van der Waals surface area contributed by atoms with Crippen molar-refractivity contribution in [1.82, 2.24) is 14.5 Å². The summed E-state index contributed by atoms with van der Waals surface area (Å²) in [6.07, 6.45) is 3.95. The number of hydrogen-bond acceptors (Lipinski definition) is 4. The zero-order valence-electron chi connectivity index (χ0n) is 13.8. The lowest BCUT2D eigenvalue weighted by Gasteiger charge is -2.13. The van der Waals surface area contributed by atoms with E-state index in [1.54, 1.807) is 6.20 Å². The fourth-order valence-corrected chi connectivity index (χ4v) is 3.70. The summed E-state index contributed by atoms with van der Waals surface area (Å²) in [6.45, 7) is 0. The molecule has 0 bridgehead atoms. The van der Waals surface area contributed by atoms with Crippen molar-refractivity contribution in [3.63, 3.8) is 0 Å². The molecule has 25 heavy (non-hydrogen) atoms. The average Bonchev–Trinajstić information content (AvgIpc) is 2.90. The zero-order valence-corrected chi connectivity index (χ0v) is 14.5. The Labute approximate surface area is 150 Å². The van der Waals surface area contributed by atoms with Crippen molar-refractivity contribution in [2.24, 2.45) is 7.05 Å². The Bertz CT molecular complexity index is 976. The summed E-state index contributed by atoms with van der Waals surface area (Å²) in [7, 11) is 1.98. The highest BCUT2D eigenvalue weighted by molar-refractivity contribution is 6.30. The molecule has 2 N–H and O–H groups in total. The number of rotatable bonds is 2. The molecule has 0 amide bonds. The van der Waals surface area contributed by atoms with Crippen LogP contribution in [0.1, 0.15) is 28.9 Å². The first kappa shape index (κ1) is 15.8. The van der Waals surface area contributed by atoms with Gasteiger partial charge in [-0.1, -0.05) is 23.7 Å². The Hall–Kier alpha value is -2.66. The standard InChI is InChI=1S/C19H17ClN4O/c1-24-14-3-2-4-15(25)17(14)16(11-5-7-12(20)8-6-11)18(24)13-9-10-22-19(21)23-13/h5-10H,2-4H2,1H3,(H2,21,22,23). The lowest BCUT2D eigenvalue weighted by Crippen LogP contribution is -2.12. The first-order chi connectivity index (χ1) is 12.1. The Morgan fingerprint density at radius 2 is 1.88 bits per heavy atom. The molecule has 0 fully saturated rings. The summed E-state index contributed by atoms with van der Waals surface area (Å²) < 4.78 is 2.07. The van der Waals surface area contributed by atoms with Gasteiger partial charge in [0.05, 0.1) is 11.4 Å². The number of ketones is 1. The molecule has 3 aromatic rings. The van der Waals surface area contributed by atoms with Gasteiger partial charge in [0.15, 0.2) is 5.78 Å². The predicted octanol–water partition coefficient (Wildman–Crippen LogP) is 3.90. The van der Waals surface area contributed by atoms with E-state index in [0.29, 0.717) is 17.1 Å². The fraction of sp³-hybridized carbons (Fsp3) is 0.211. The van der Waals surface area contributed by atoms with Gasteiger partial charge < -0.3 is 10.3 Å². The van der Waals surface area contributed by atoms with Crippen LogP contribution in [0.4, 0.5) is 5.95 Å². The van der Waals surface area contributed by atoms with E-state index < -0.39 is 0 Å². The van der Waals surface area contributed by atoms with Gasteiger partial charge in [-0.2, -0.15) is 0 Å². The topological polar surface area (TPSA) is 73.8 Å². The molecule has 1 aliphatic rings. The fourth-order valence-electron chi connectivity index (χ4n) is 3.57. The lowest BCUT2D eigenvalue weighted by atomic mass is 9.90. The second-order valence-corrected chi connectivity index (χ2v) is 6.62. The van der Waals surface area contributed by atoms with Gasteiger partial charge in [0.25, 0.3) is 0 Å². The quantitative estimate of drug-likeness (QED) is 0.759. The molecule has 5 nitrogen and oxygen atoms in total. The Morgan fingerprint density at radius 1 is 1.12 bits per heavy atom. The highest BCUT2D eigenvalue weighted by Gasteiger charge is 2.30. The van der Waals surface area contributed by atoms with Crippen LogP contribution in [-0.2, 0) is 13.5 Å². The minimum atomic E-state index is 0.176. The van der Waals surface area contributed by atoms with Crippen molar-refractivity contribution < 1.29 is 4.79 Å². The molecule has 0 atom stereocenters. The van der Waals surface area contributed by atoms with Crippen LogP contribution in [0.3, 0.4) is 0 Å². The monoisotopic (exact) mass is 352 g/mol. The summed E-state index contributed by atoms with van der Waals surface area (Å²) in [6, 6.07) is 9.37. The molecule has 6 heteroatoms. The molecule has 0 radical (unpaired) electrons. The number of Topliss-reactive ketones (excluding diaryl/α,β-unsaturated/α-hetero) is 1. The molecule has 0 spiro atoms. The van der Waals surface area contributed by atoms with Gasteiger partial charge in [-0.05, 0) is 36.6 Å². The zero-order chi connectivity index (χ0) is 17.6. The van der Waals surface area contributed by atoms with E-state index in [1.165, 1.54) is 0 Å². The number of nitrogens with zero attached hydrogens (tertiary/aromatic N) is 3. The molecular formula is C19H17ClN4O. The maximum Gasteiger partial charge on any atom is 0.220 e. The van der Waals surface area contributed by atoms with E-state index in [-0.39, 0.29) is 11.7 Å². The summed E-state index contributed by atoms with van der Waals surface area (Å²) >= 11 is 6.04. The SMILES string of the molecule is Cn1c2c(c(-c3ccc(Cl)cc3)c1-c1ccnc(N)n1)C(=O)CCC2. The number of carbonyl (C=O) groups excluding carboxylic acids is 1. The van der Waals surface area contributed by atoms with E-state index in [4.69, 9.17) is 17.3 Å². The van der Waals surface area contributed by atoms with Gasteiger partial charge in [0.1, 0.15) is 0 Å². The Balaban J connectivity index is 2.06. The minimum Gasteiger partial charge on any atom is -0.368 e. The van der Waals surface area contributed by atoms with Gasteiger partial charge in [0.2, 0.25) is 5.95 Å². The number of anilines is 1. The first-order valence-corrected chi connectivity index (χ1v) is 8.53. The summed E-state index contributed by atoms with van der Waals surface area (Å²) in [5, 5.41) is 0.660. The third-order valence-corrected chi connectivity index (χ3v) is 4.91. The van der Waals surface area contributed by atoms with Crippen LogP contribution in [0.25, 0.3) is 22.5 Å². The number of benzene rings is 1. The first-order valence-electron chi connectivity index (χ1n) is 8.16. The smallest absolute Gasteiger partial charge is 0.220 e. The number of nitrogen functional groups attached to an aromatic ring is 1. The highest BCUT2D eigenvalue weighted by atomic mass is 35.5. The minimum absolute atomic E-state index is 0.176. The molecule has 1 aromatic carbocycles. The average molecular weight is 353 g/mol. The van der Waals surface area contributed by atoms with Crippen molar-refractivity contribution >= 4 is 23.3 Å². The van der Waals surface area contributed by atoms with Gasteiger partial charge in [0, 0.05) is 41.5 Å². The number of carbonyl (C=O) groups is 1. The van der Waals surface area contributed by atoms with Crippen LogP contribution in [0.15, 0.2) is 36.5 Å². The van der Waals surface area contributed by atoms with Gasteiger partial charge in [-0.25, -0.2) is 9.97 Å². The summed E-state index contributed by atoms with van der Waals surface area (Å²) in [4.78, 5) is 21.1. The second-order valence-electron chi connectivity index (χ2n) is 6.19. The van der Waals surface area contributed by atoms with Crippen LogP contribution < -0.4 is 5.73 Å². The van der Waals surface area contributed by atoms with Gasteiger partial charge in [-0.15, -0.1) is 0 Å². The molecule has 2 heterocycles. The van der Waals surface area contributed by atoms with E-state index in [1.807, 2.05) is 37.4 Å². The summed E-state index contributed by atoms with van der Waals surface area (Å²) in [5.41, 5.74) is 11.1. The van der Waals surface area contributed by atoms with Crippen molar-refractivity contribution in [2.75, 3.05) is 5.73 Å². The molecule has 0 saturated carbocycles. The van der Waals surface area contributed by atoms with Crippen LogP contribution in [-0.4, -0.2) is 20.3 Å². The van der Waals surface area contributed by atoms with E-state index in [2.05, 4.69) is 14.5 Å². The van der Waals surface area contributed by atoms with Crippen molar-refractivity contribution in [1.29, 1.82) is 0 Å². The number of fused-ring (bicyclic) bond motifs is 1. The normalized spacial score (nSPS) is 13.8. The lowest BCUT2D eigenvalue weighted by molar-refractivity contribution is 0.0972. The second kappa shape index (κ2) is 6.01. The highest BCUT2D eigenvalue weighted by Crippen LogP contribution is 2.41. The van der Waals surface area contributed by atoms with Gasteiger partial charge in [-0.3, -0.25) is 4.79 Å². The molecular weight excluding hydrogens is 336 g/mol. The van der Waals surface area contributed by atoms with E-state index >= 15 is 0 Å². The summed E-state index contributed by atoms with van der Waals surface area (Å²) in [5.74, 6) is 0.389. The molecule has 126 valence electrons. The van der Waals surface area contributed by atoms with E-state index in [0.717, 1.165) is 40.9 Å². The number of nitrogens with two attached hydrogens (primary N) is 1. The van der Waals surface area contributed by atoms with Crippen LogP contribution in [0.5, 0.6) is 0 Å². The van der Waals surface area contributed by atoms with E-state index in [9.17, 15) is 4.79 Å². The number of hydrogen-bond donors (Lipinski definition) is 1. The van der Waals surface area contributed by atoms with Crippen LogP contribution >= 0.6 is 11.6 Å². The molecule has 0 unspecified atom stereocenters.